The highest BCUT2D eigenvalue weighted by atomic mass is 35.5. The largest absolute Gasteiger partial charge is 0.481 e. The monoisotopic (exact) mass is 256 g/mol. The molecule has 1 rings (SSSR count). The smallest absolute Gasteiger partial charge is 0.303 e. The lowest BCUT2D eigenvalue weighted by molar-refractivity contribution is -0.137. The molecule has 0 aromatic carbocycles. The van der Waals surface area contributed by atoms with E-state index in [1.54, 1.807) is 25.1 Å². The molecule has 0 saturated carbocycles. The molecule has 1 heterocycles. The second kappa shape index (κ2) is 6.20. The van der Waals surface area contributed by atoms with Crippen LogP contribution >= 0.6 is 11.6 Å². The number of hydrogen-bond acceptors (Lipinski definition) is 3. The van der Waals surface area contributed by atoms with Crippen molar-refractivity contribution in [3.8, 4) is 0 Å². The van der Waals surface area contributed by atoms with E-state index in [0.717, 1.165) is 0 Å². The first kappa shape index (κ1) is 13.4. The highest BCUT2D eigenvalue weighted by molar-refractivity contribution is 6.29. The molecule has 0 fully saturated rings. The number of carbonyl (C=O) groups is 2. The average Bonchev–Trinajstić information content (AvgIpc) is 2.25. The highest BCUT2D eigenvalue weighted by Gasteiger charge is 2.11. The van der Waals surface area contributed by atoms with Crippen molar-refractivity contribution in [2.45, 2.75) is 13.3 Å². The molecule has 5 nitrogen and oxygen atoms in total. The number of nitrogens with one attached hydrogen (secondary N) is 1. The van der Waals surface area contributed by atoms with Gasteiger partial charge in [0.2, 0.25) is 0 Å². The van der Waals surface area contributed by atoms with Crippen molar-refractivity contribution in [2.24, 2.45) is 5.92 Å². The maximum absolute atomic E-state index is 11.6. The molecule has 1 amide bonds. The number of carboxylic acids is 1. The normalized spacial score (nSPS) is 11.9. The van der Waals surface area contributed by atoms with E-state index in [2.05, 4.69) is 10.3 Å². The molecule has 0 bridgehead atoms. The Balaban J connectivity index is 2.47. The summed E-state index contributed by atoms with van der Waals surface area (Å²) >= 11 is 5.65. The first-order valence-electron chi connectivity index (χ1n) is 5.11. The lowest BCUT2D eigenvalue weighted by Gasteiger charge is -2.09. The zero-order valence-electron chi connectivity index (χ0n) is 9.31. The average molecular weight is 257 g/mol. The van der Waals surface area contributed by atoms with Crippen LogP contribution in [0.5, 0.6) is 0 Å². The molecule has 17 heavy (non-hydrogen) atoms. The van der Waals surface area contributed by atoms with Gasteiger partial charge in [-0.1, -0.05) is 24.6 Å². The van der Waals surface area contributed by atoms with Gasteiger partial charge < -0.3 is 10.4 Å². The van der Waals surface area contributed by atoms with Crippen molar-refractivity contribution in [3.63, 3.8) is 0 Å². The van der Waals surface area contributed by atoms with Gasteiger partial charge in [-0.05, 0) is 18.1 Å². The summed E-state index contributed by atoms with van der Waals surface area (Å²) < 4.78 is 0. The van der Waals surface area contributed by atoms with Crippen LogP contribution in [-0.2, 0) is 4.79 Å². The molecule has 1 aromatic rings. The number of aliphatic carboxylic acids is 1. The van der Waals surface area contributed by atoms with Crippen molar-refractivity contribution in [1.82, 2.24) is 10.3 Å². The second-order valence-corrected chi connectivity index (χ2v) is 4.15. The van der Waals surface area contributed by atoms with Gasteiger partial charge >= 0.3 is 5.97 Å². The van der Waals surface area contributed by atoms with Crippen LogP contribution in [0.4, 0.5) is 0 Å². The molecule has 1 aromatic heterocycles. The van der Waals surface area contributed by atoms with Crippen LogP contribution in [-0.4, -0.2) is 28.5 Å². The van der Waals surface area contributed by atoms with Gasteiger partial charge in [-0.2, -0.15) is 0 Å². The molecule has 6 heteroatoms. The molecular weight excluding hydrogens is 244 g/mol. The summed E-state index contributed by atoms with van der Waals surface area (Å²) in [6.45, 7) is 2.04. The topological polar surface area (TPSA) is 79.3 Å². The van der Waals surface area contributed by atoms with Crippen LogP contribution in [0, 0.1) is 5.92 Å². The minimum Gasteiger partial charge on any atom is -0.481 e. The number of pyridine rings is 1. The van der Waals surface area contributed by atoms with Crippen molar-refractivity contribution < 1.29 is 14.7 Å². The standard InChI is InChI=1S/C11H13ClN2O3/c1-7(5-10(15)16)6-13-11(17)8-3-2-4-9(12)14-8/h2-4,7H,5-6H2,1H3,(H,13,17)(H,15,16). The lowest BCUT2D eigenvalue weighted by atomic mass is 10.1. The molecule has 1 atom stereocenters. The first-order chi connectivity index (χ1) is 7.99. The number of hydrogen-bond donors (Lipinski definition) is 2. The molecule has 0 aliphatic heterocycles. The third kappa shape index (κ3) is 4.82. The number of aromatic nitrogens is 1. The first-order valence-corrected chi connectivity index (χ1v) is 5.49. The Labute approximate surface area is 104 Å². The maximum Gasteiger partial charge on any atom is 0.303 e. The maximum atomic E-state index is 11.6. The van der Waals surface area contributed by atoms with Gasteiger partial charge in [0.05, 0.1) is 0 Å². The van der Waals surface area contributed by atoms with Gasteiger partial charge in [0, 0.05) is 13.0 Å². The summed E-state index contributed by atoms with van der Waals surface area (Å²) in [6.07, 6.45) is 0.0171. The molecule has 0 saturated heterocycles. The Morgan fingerprint density at radius 3 is 2.82 bits per heavy atom. The summed E-state index contributed by atoms with van der Waals surface area (Å²) in [5.74, 6) is -1.37. The Morgan fingerprint density at radius 2 is 2.24 bits per heavy atom. The summed E-state index contributed by atoms with van der Waals surface area (Å²) in [5, 5.41) is 11.4. The summed E-state index contributed by atoms with van der Waals surface area (Å²) in [6, 6.07) is 4.75. The van der Waals surface area contributed by atoms with E-state index in [4.69, 9.17) is 16.7 Å². The summed E-state index contributed by atoms with van der Waals surface area (Å²) in [7, 11) is 0. The number of rotatable bonds is 5. The number of halogens is 1. The number of amides is 1. The fraction of sp³-hybridized carbons (Fsp3) is 0.364. The van der Waals surface area contributed by atoms with Crippen molar-refractivity contribution in [3.05, 3.63) is 29.0 Å². The Kier molecular flexibility index (Phi) is 4.90. The predicted octanol–water partition coefficient (Wildman–Crippen LogP) is 1.58. The SMILES string of the molecule is CC(CNC(=O)c1cccc(Cl)n1)CC(=O)O. The molecule has 0 aliphatic rings. The van der Waals surface area contributed by atoms with Crippen LogP contribution in [0.2, 0.25) is 5.15 Å². The van der Waals surface area contributed by atoms with Gasteiger partial charge in [-0.15, -0.1) is 0 Å². The third-order valence-corrected chi connectivity index (χ3v) is 2.29. The zero-order chi connectivity index (χ0) is 12.8. The fourth-order valence-corrected chi connectivity index (χ4v) is 1.43. The van der Waals surface area contributed by atoms with Crippen LogP contribution in [0.1, 0.15) is 23.8 Å². The number of carboxylic acid groups (broad SMARTS) is 1. The Morgan fingerprint density at radius 1 is 1.53 bits per heavy atom. The van der Waals surface area contributed by atoms with Crippen molar-refractivity contribution in [2.75, 3.05) is 6.54 Å². The van der Waals surface area contributed by atoms with Gasteiger partial charge in [-0.25, -0.2) is 4.98 Å². The van der Waals surface area contributed by atoms with Gasteiger partial charge in [0.15, 0.2) is 0 Å². The summed E-state index contributed by atoms with van der Waals surface area (Å²) in [4.78, 5) is 25.9. The quantitative estimate of drug-likeness (QED) is 0.784. The zero-order valence-corrected chi connectivity index (χ0v) is 10.1. The fourth-order valence-electron chi connectivity index (χ4n) is 1.26. The van der Waals surface area contributed by atoms with E-state index in [-0.39, 0.29) is 29.1 Å². The van der Waals surface area contributed by atoms with E-state index in [9.17, 15) is 9.59 Å². The lowest BCUT2D eigenvalue weighted by Crippen LogP contribution is -2.29. The Bertz CT molecular complexity index is 423. The van der Waals surface area contributed by atoms with Gasteiger partial charge in [-0.3, -0.25) is 9.59 Å². The van der Waals surface area contributed by atoms with Crippen molar-refractivity contribution in [1.29, 1.82) is 0 Å². The predicted molar refractivity (Wildman–Crippen MR) is 63.0 cm³/mol. The molecule has 0 spiro atoms. The van der Waals surface area contributed by atoms with Gasteiger partial charge in [0.25, 0.3) is 5.91 Å². The molecule has 1 unspecified atom stereocenters. The number of nitrogens with zero attached hydrogens (tertiary/aromatic N) is 1. The molecule has 0 aliphatic carbocycles. The van der Waals surface area contributed by atoms with Crippen molar-refractivity contribution >= 4 is 23.5 Å². The van der Waals surface area contributed by atoms with E-state index in [1.807, 2.05) is 0 Å². The molecule has 92 valence electrons. The minimum atomic E-state index is -0.882. The summed E-state index contributed by atoms with van der Waals surface area (Å²) in [5.41, 5.74) is 0.222. The highest BCUT2D eigenvalue weighted by Crippen LogP contribution is 2.05. The van der Waals surface area contributed by atoms with Gasteiger partial charge in [0.1, 0.15) is 10.8 Å². The van der Waals surface area contributed by atoms with Crippen LogP contribution in [0.3, 0.4) is 0 Å². The molecular formula is C11H13ClN2O3. The molecule has 2 N–H and O–H groups in total. The Hall–Kier alpha value is -1.62. The van der Waals surface area contributed by atoms with E-state index in [0.29, 0.717) is 6.54 Å². The van der Waals surface area contributed by atoms with Crippen LogP contribution in [0.15, 0.2) is 18.2 Å². The van der Waals surface area contributed by atoms with Crippen LogP contribution in [0.25, 0.3) is 0 Å². The van der Waals surface area contributed by atoms with Crippen LogP contribution < -0.4 is 5.32 Å². The van der Waals surface area contributed by atoms with E-state index < -0.39 is 5.97 Å². The minimum absolute atomic E-state index is 0.0171. The molecule has 0 radical (unpaired) electrons. The number of carbonyl (C=O) groups excluding carboxylic acids is 1. The second-order valence-electron chi connectivity index (χ2n) is 3.76. The van der Waals surface area contributed by atoms with E-state index in [1.165, 1.54) is 0 Å². The third-order valence-electron chi connectivity index (χ3n) is 2.08. The van der Waals surface area contributed by atoms with E-state index >= 15 is 0 Å².